The second-order valence-electron chi connectivity index (χ2n) is 5.50. The standard InChI is InChI=1S/C13H22FN3O2/c1-3-10(2)6-16-7-11-15(9-14)5-4-12(18)17(11)8-13(16)19/h10-11H,3-9H2,1-2H3. The van der Waals surface area contributed by atoms with Crippen LogP contribution in [0.15, 0.2) is 0 Å². The minimum atomic E-state index is -0.570. The van der Waals surface area contributed by atoms with E-state index in [-0.39, 0.29) is 24.5 Å². The molecule has 6 heteroatoms. The summed E-state index contributed by atoms with van der Waals surface area (Å²) in [4.78, 5) is 28.8. The number of carbonyl (C=O) groups is 2. The average molecular weight is 271 g/mol. The van der Waals surface area contributed by atoms with Crippen LogP contribution < -0.4 is 0 Å². The lowest BCUT2D eigenvalue weighted by Gasteiger charge is -2.48. The van der Waals surface area contributed by atoms with E-state index in [1.807, 2.05) is 0 Å². The molecule has 2 heterocycles. The van der Waals surface area contributed by atoms with Crippen LogP contribution in [0.5, 0.6) is 0 Å². The molecule has 2 aliphatic heterocycles. The summed E-state index contributed by atoms with van der Waals surface area (Å²) >= 11 is 0. The molecule has 2 amide bonds. The van der Waals surface area contributed by atoms with Crippen molar-refractivity contribution in [2.45, 2.75) is 32.9 Å². The molecule has 0 radical (unpaired) electrons. The van der Waals surface area contributed by atoms with Crippen molar-refractivity contribution in [1.29, 1.82) is 0 Å². The van der Waals surface area contributed by atoms with Gasteiger partial charge in [0.15, 0.2) is 0 Å². The van der Waals surface area contributed by atoms with Crippen LogP contribution in [0.3, 0.4) is 0 Å². The summed E-state index contributed by atoms with van der Waals surface area (Å²) in [6.07, 6.45) is 1.02. The maximum Gasteiger partial charge on any atom is 0.242 e. The van der Waals surface area contributed by atoms with Crippen LogP contribution in [0.1, 0.15) is 26.7 Å². The number of amides is 2. The zero-order valence-electron chi connectivity index (χ0n) is 11.6. The van der Waals surface area contributed by atoms with E-state index in [4.69, 9.17) is 0 Å². The van der Waals surface area contributed by atoms with Crippen molar-refractivity contribution in [3.63, 3.8) is 0 Å². The van der Waals surface area contributed by atoms with Crippen molar-refractivity contribution in [2.24, 2.45) is 5.92 Å². The Balaban J connectivity index is 2.08. The first-order valence-corrected chi connectivity index (χ1v) is 6.94. The molecular formula is C13H22FN3O2. The van der Waals surface area contributed by atoms with Gasteiger partial charge in [0.25, 0.3) is 0 Å². The van der Waals surface area contributed by atoms with E-state index in [2.05, 4.69) is 13.8 Å². The summed E-state index contributed by atoms with van der Waals surface area (Å²) in [6.45, 7) is 5.27. The van der Waals surface area contributed by atoms with E-state index in [0.717, 1.165) is 6.42 Å². The van der Waals surface area contributed by atoms with Gasteiger partial charge in [-0.15, -0.1) is 0 Å². The van der Waals surface area contributed by atoms with Gasteiger partial charge in [0.2, 0.25) is 11.8 Å². The Morgan fingerprint density at radius 3 is 2.74 bits per heavy atom. The third-order valence-corrected chi connectivity index (χ3v) is 4.14. The summed E-state index contributed by atoms with van der Waals surface area (Å²) in [5, 5.41) is 0. The molecule has 0 aromatic heterocycles. The third-order valence-electron chi connectivity index (χ3n) is 4.14. The van der Waals surface area contributed by atoms with Gasteiger partial charge in [-0.25, -0.2) is 4.39 Å². The number of piperazine rings is 1. The average Bonchev–Trinajstić information content (AvgIpc) is 2.41. The van der Waals surface area contributed by atoms with Crippen molar-refractivity contribution in [2.75, 3.05) is 33.0 Å². The van der Waals surface area contributed by atoms with Crippen molar-refractivity contribution in [3.05, 3.63) is 0 Å². The smallest absolute Gasteiger partial charge is 0.242 e. The Morgan fingerprint density at radius 2 is 2.11 bits per heavy atom. The van der Waals surface area contributed by atoms with E-state index >= 15 is 0 Å². The maximum absolute atomic E-state index is 13.0. The fraction of sp³-hybridized carbons (Fsp3) is 0.846. The number of alkyl halides is 1. The molecule has 2 unspecified atom stereocenters. The largest absolute Gasteiger partial charge is 0.337 e. The molecule has 0 aromatic rings. The minimum Gasteiger partial charge on any atom is -0.337 e. The molecule has 0 bridgehead atoms. The summed E-state index contributed by atoms with van der Waals surface area (Å²) in [6, 6.07) is 0. The lowest BCUT2D eigenvalue weighted by Crippen LogP contribution is -2.66. The van der Waals surface area contributed by atoms with Gasteiger partial charge in [0.1, 0.15) is 19.5 Å². The van der Waals surface area contributed by atoms with Crippen molar-refractivity contribution < 1.29 is 14.0 Å². The van der Waals surface area contributed by atoms with Crippen LogP contribution in [-0.4, -0.2) is 65.7 Å². The van der Waals surface area contributed by atoms with Gasteiger partial charge in [-0.1, -0.05) is 20.3 Å². The van der Waals surface area contributed by atoms with Gasteiger partial charge in [0, 0.05) is 19.5 Å². The highest BCUT2D eigenvalue weighted by atomic mass is 19.1. The molecule has 2 fully saturated rings. The first-order valence-electron chi connectivity index (χ1n) is 6.94. The van der Waals surface area contributed by atoms with Crippen LogP contribution >= 0.6 is 0 Å². The number of carbonyl (C=O) groups excluding carboxylic acids is 2. The molecule has 5 nitrogen and oxygen atoms in total. The highest BCUT2D eigenvalue weighted by Gasteiger charge is 2.41. The van der Waals surface area contributed by atoms with Gasteiger partial charge in [0.05, 0.1) is 6.54 Å². The predicted octanol–water partition coefficient (Wildman–Crippen LogP) is 0.662. The van der Waals surface area contributed by atoms with Crippen LogP contribution in [0, 0.1) is 5.92 Å². The first-order chi connectivity index (χ1) is 9.06. The van der Waals surface area contributed by atoms with Crippen LogP contribution in [0.25, 0.3) is 0 Å². The summed E-state index contributed by atoms with van der Waals surface area (Å²) in [7, 11) is 0. The molecule has 2 saturated heterocycles. The molecule has 2 rings (SSSR count). The molecule has 0 saturated carbocycles. The van der Waals surface area contributed by atoms with Crippen molar-refractivity contribution in [3.8, 4) is 0 Å². The summed E-state index contributed by atoms with van der Waals surface area (Å²) < 4.78 is 13.0. The molecule has 2 aliphatic rings. The number of rotatable bonds is 4. The number of fused-ring (bicyclic) bond motifs is 1. The SMILES string of the molecule is CCC(C)CN1CC2N(CF)CCC(=O)N2CC1=O. The normalized spacial score (nSPS) is 26.6. The summed E-state index contributed by atoms with van der Waals surface area (Å²) in [5.41, 5.74) is 0. The second-order valence-corrected chi connectivity index (χ2v) is 5.50. The maximum atomic E-state index is 13.0. The highest BCUT2D eigenvalue weighted by Crippen LogP contribution is 2.22. The molecular weight excluding hydrogens is 249 g/mol. The van der Waals surface area contributed by atoms with Gasteiger partial charge in [-0.05, 0) is 5.92 Å². The molecule has 19 heavy (non-hydrogen) atoms. The Bertz CT molecular complexity index is 364. The van der Waals surface area contributed by atoms with Crippen molar-refractivity contribution in [1.82, 2.24) is 14.7 Å². The molecule has 108 valence electrons. The van der Waals surface area contributed by atoms with E-state index in [9.17, 15) is 14.0 Å². The van der Waals surface area contributed by atoms with Crippen LogP contribution in [-0.2, 0) is 9.59 Å². The lowest BCUT2D eigenvalue weighted by atomic mass is 10.1. The minimum absolute atomic E-state index is 0.0226. The van der Waals surface area contributed by atoms with Gasteiger partial charge < -0.3 is 9.80 Å². The molecule has 0 N–H and O–H groups in total. The topological polar surface area (TPSA) is 43.9 Å². The zero-order chi connectivity index (χ0) is 14.0. The molecule has 0 spiro atoms. The monoisotopic (exact) mass is 271 g/mol. The van der Waals surface area contributed by atoms with Crippen LogP contribution in [0.2, 0.25) is 0 Å². The fourth-order valence-corrected chi connectivity index (χ4v) is 2.67. The lowest BCUT2D eigenvalue weighted by molar-refractivity contribution is -0.163. The fourth-order valence-electron chi connectivity index (χ4n) is 2.67. The molecule has 2 atom stereocenters. The van der Waals surface area contributed by atoms with Crippen LogP contribution in [0.4, 0.5) is 4.39 Å². The molecule has 0 aliphatic carbocycles. The summed E-state index contributed by atoms with van der Waals surface area (Å²) in [5.74, 6) is 0.366. The number of nitrogens with zero attached hydrogens (tertiary/aromatic N) is 3. The first kappa shape index (κ1) is 14.2. The van der Waals surface area contributed by atoms with Crippen molar-refractivity contribution >= 4 is 11.8 Å². The predicted molar refractivity (Wildman–Crippen MR) is 68.8 cm³/mol. The Morgan fingerprint density at radius 1 is 1.37 bits per heavy atom. The number of hydrogen-bond donors (Lipinski definition) is 0. The second kappa shape index (κ2) is 5.86. The molecule has 0 aromatic carbocycles. The van der Waals surface area contributed by atoms with E-state index < -0.39 is 6.80 Å². The van der Waals surface area contributed by atoms with Gasteiger partial charge in [-0.3, -0.25) is 14.5 Å². The Hall–Kier alpha value is -1.17. The third kappa shape index (κ3) is 2.88. The zero-order valence-corrected chi connectivity index (χ0v) is 11.6. The quantitative estimate of drug-likeness (QED) is 0.706. The number of halogens is 1. The van der Waals surface area contributed by atoms with Gasteiger partial charge >= 0.3 is 0 Å². The Kier molecular flexibility index (Phi) is 4.39. The van der Waals surface area contributed by atoms with Gasteiger partial charge in [-0.2, -0.15) is 0 Å². The van der Waals surface area contributed by atoms with E-state index in [0.29, 0.717) is 32.0 Å². The van der Waals surface area contributed by atoms with E-state index in [1.54, 1.807) is 9.80 Å². The number of hydrogen-bond acceptors (Lipinski definition) is 3. The van der Waals surface area contributed by atoms with E-state index in [1.165, 1.54) is 4.90 Å². The Labute approximate surface area is 113 Å². The highest BCUT2D eigenvalue weighted by molar-refractivity contribution is 5.86.